The van der Waals surface area contributed by atoms with Crippen molar-refractivity contribution >= 4 is 30.3 Å². The number of fused-ring (bicyclic) bond motifs is 1. The Morgan fingerprint density at radius 1 is 1.19 bits per heavy atom. The highest BCUT2D eigenvalue weighted by Gasteiger charge is 2.53. The van der Waals surface area contributed by atoms with E-state index >= 15 is 0 Å². The summed E-state index contributed by atoms with van der Waals surface area (Å²) in [4.78, 5) is 26.4. The molecule has 0 aromatic heterocycles. The molecule has 3 rings (SSSR count). The second-order valence-electron chi connectivity index (χ2n) is 9.06. The number of nitrogen functional groups attached to an aromatic ring is 1. The van der Waals surface area contributed by atoms with E-state index in [-0.39, 0.29) is 6.54 Å². The van der Waals surface area contributed by atoms with Crippen molar-refractivity contribution in [3.8, 4) is 0 Å². The quantitative estimate of drug-likeness (QED) is 0.600. The van der Waals surface area contributed by atoms with Gasteiger partial charge in [0.2, 0.25) is 0 Å². The molecule has 2 aliphatic rings. The average Bonchev–Trinajstić information content (AvgIpc) is 2.93. The number of benzene rings is 1. The number of nitrogens with two attached hydrogens (primary N) is 1. The van der Waals surface area contributed by atoms with Gasteiger partial charge in [0.25, 0.3) is 5.91 Å². The zero-order valence-corrected chi connectivity index (χ0v) is 17.0. The molecule has 7 nitrogen and oxygen atoms in total. The summed E-state index contributed by atoms with van der Waals surface area (Å²) in [5.74, 6) is -0.463. The molecule has 0 radical (unpaired) electrons. The molecule has 2 N–H and O–H groups in total. The first-order chi connectivity index (χ1) is 12.2. The number of anilines is 1. The van der Waals surface area contributed by atoms with Crippen LogP contribution in [0.25, 0.3) is 0 Å². The van der Waals surface area contributed by atoms with Crippen LogP contribution < -0.4 is 11.2 Å². The van der Waals surface area contributed by atoms with Crippen LogP contribution in [0.2, 0.25) is 0 Å². The lowest BCUT2D eigenvalue weighted by Gasteiger charge is -2.32. The summed E-state index contributed by atoms with van der Waals surface area (Å²) in [6.45, 7) is 13.2. The van der Waals surface area contributed by atoms with Crippen molar-refractivity contribution in [2.45, 2.75) is 71.8 Å². The molecule has 2 heterocycles. The number of rotatable bonds is 1. The Hall–Kier alpha value is -2.06. The molecule has 2 aliphatic heterocycles. The Bertz CT molecular complexity index is 797. The number of hydrogen-bond donors (Lipinski definition) is 1. The molecule has 27 heavy (non-hydrogen) atoms. The van der Waals surface area contributed by atoms with E-state index in [0.717, 1.165) is 4.90 Å². The third kappa shape index (κ3) is 3.32. The molecule has 1 fully saturated rings. The zero-order valence-electron chi connectivity index (χ0n) is 17.0. The van der Waals surface area contributed by atoms with Gasteiger partial charge in [0.05, 0.1) is 23.3 Å². The molecule has 1 aromatic rings. The first-order valence-corrected chi connectivity index (χ1v) is 9.05. The van der Waals surface area contributed by atoms with Crippen LogP contribution in [0.5, 0.6) is 0 Å². The van der Waals surface area contributed by atoms with Crippen LogP contribution in [0, 0.1) is 0 Å². The van der Waals surface area contributed by atoms with Crippen molar-refractivity contribution in [1.82, 2.24) is 4.90 Å². The number of amides is 2. The molecule has 0 aliphatic carbocycles. The van der Waals surface area contributed by atoms with Gasteiger partial charge >= 0.3 is 13.2 Å². The molecular weight excluding hydrogens is 347 g/mol. The zero-order chi connectivity index (χ0) is 20.4. The smallest absolute Gasteiger partial charge is 0.443 e. The van der Waals surface area contributed by atoms with Gasteiger partial charge in [0.1, 0.15) is 5.60 Å². The molecule has 0 bridgehead atoms. The predicted octanol–water partition coefficient (Wildman–Crippen LogP) is 2.46. The summed E-state index contributed by atoms with van der Waals surface area (Å²) >= 11 is 0. The number of ether oxygens (including phenoxy) is 1. The molecule has 0 atom stereocenters. The molecular formula is C19H27BN2O5. The van der Waals surface area contributed by atoms with E-state index in [2.05, 4.69) is 0 Å². The van der Waals surface area contributed by atoms with Crippen molar-refractivity contribution in [3.63, 3.8) is 0 Å². The molecule has 0 saturated carbocycles. The second-order valence-corrected chi connectivity index (χ2v) is 9.06. The lowest BCUT2D eigenvalue weighted by atomic mass is 9.75. The minimum atomic E-state index is -0.702. The monoisotopic (exact) mass is 374 g/mol. The van der Waals surface area contributed by atoms with Crippen LogP contribution in [0.1, 0.15) is 64.4 Å². The molecule has 8 heteroatoms. The van der Waals surface area contributed by atoms with Crippen LogP contribution >= 0.6 is 0 Å². The fraction of sp³-hybridized carbons (Fsp3) is 0.579. The van der Waals surface area contributed by atoms with E-state index in [9.17, 15) is 9.59 Å². The van der Waals surface area contributed by atoms with Crippen LogP contribution in [-0.2, 0) is 20.6 Å². The normalized spacial score (nSPS) is 20.8. The molecule has 146 valence electrons. The van der Waals surface area contributed by atoms with Gasteiger partial charge in [-0.05, 0) is 65.6 Å². The van der Waals surface area contributed by atoms with E-state index in [1.54, 1.807) is 32.9 Å². The topological polar surface area (TPSA) is 91.1 Å². The standard InChI is InChI=1S/C19H27BN2O5/c1-17(2,3)25-16(24)22-10-11-12(8-9-13(21)14(11)15(22)23)20-26-18(4,5)19(6,7)27-20/h8-9H,10,21H2,1-7H3. The van der Waals surface area contributed by atoms with Crippen molar-refractivity contribution in [2.75, 3.05) is 5.73 Å². The van der Waals surface area contributed by atoms with Crippen LogP contribution in [-0.4, -0.2) is 40.8 Å². The summed E-state index contributed by atoms with van der Waals surface area (Å²) in [7, 11) is -0.643. The minimum absolute atomic E-state index is 0.0769. The van der Waals surface area contributed by atoms with E-state index in [4.69, 9.17) is 19.8 Å². The van der Waals surface area contributed by atoms with E-state index in [1.165, 1.54) is 0 Å². The Kier molecular flexibility index (Phi) is 4.36. The number of imide groups is 1. The van der Waals surface area contributed by atoms with Crippen LogP contribution in [0.3, 0.4) is 0 Å². The van der Waals surface area contributed by atoms with E-state index < -0.39 is 35.9 Å². The average molecular weight is 374 g/mol. The molecule has 1 aromatic carbocycles. The third-order valence-electron chi connectivity index (χ3n) is 5.28. The Morgan fingerprint density at radius 2 is 1.74 bits per heavy atom. The van der Waals surface area contributed by atoms with E-state index in [1.807, 2.05) is 27.7 Å². The van der Waals surface area contributed by atoms with Gasteiger partial charge in [-0.25, -0.2) is 9.69 Å². The van der Waals surface area contributed by atoms with Gasteiger partial charge in [-0.1, -0.05) is 6.07 Å². The Labute approximate surface area is 160 Å². The lowest BCUT2D eigenvalue weighted by molar-refractivity contribution is 0.00578. The highest BCUT2D eigenvalue weighted by molar-refractivity contribution is 6.63. The van der Waals surface area contributed by atoms with Crippen molar-refractivity contribution < 1.29 is 23.6 Å². The fourth-order valence-corrected chi connectivity index (χ4v) is 3.13. The van der Waals surface area contributed by atoms with Crippen LogP contribution in [0.4, 0.5) is 10.5 Å². The molecule has 2 amide bonds. The maximum Gasteiger partial charge on any atom is 0.495 e. The van der Waals surface area contributed by atoms with Gasteiger partial charge < -0.3 is 19.8 Å². The molecule has 0 unspecified atom stereocenters. The van der Waals surface area contributed by atoms with Crippen LogP contribution in [0.15, 0.2) is 12.1 Å². The summed E-state index contributed by atoms with van der Waals surface area (Å²) in [6.07, 6.45) is -0.692. The maximum atomic E-state index is 12.8. The lowest BCUT2D eigenvalue weighted by Crippen LogP contribution is -2.41. The molecule has 1 saturated heterocycles. The number of nitrogens with zero attached hydrogens (tertiary/aromatic N) is 1. The number of carbonyl (C=O) groups excluding carboxylic acids is 2. The second kappa shape index (κ2) is 5.97. The first-order valence-electron chi connectivity index (χ1n) is 9.05. The van der Waals surface area contributed by atoms with Gasteiger partial charge in [-0.2, -0.15) is 0 Å². The van der Waals surface area contributed by atoms with Crippen molar-refractivity contribution in [2.24, 2.45) is 0 Å². The summed E-state index contributed by atoms with van der Waals surface area (Å²) in [6, 6.07) is 3.44. The summed E-state index contributed by atoms with van der Waals surface area (Å²) in [5, 5.41) is 0. The van der Waals surface area contributed by atoms with Gasteiger partial charge in [0.15, 0.2) is 0 Å². The predicted molar refractivity (Wildman–Crippen MR) is 103 cm³/mol. The Morgan fingerprint density at radius 3 is 2.26 bits per heavy atom. The van der Waals surface area contributed by atoms with E-state index in [0.29, 0.717) is 22.3 Å². The van der Waals surface area contributed by atoms with Crippen molar-refractivity contribution in [3.05, 3.63) is 23.3 Å². The highest BCUT2D eigenvalue weighted by atomic mass is 16.7. The van der Waals surface area contributed by atoms with Gasteiger partial charge in [-0.15, -0.1) is 0 Å². The first kappa shape index (κ1) is 19.7. The minimum Gasteiger partial charge on any atom is -0.443 e. The SMILES string of the molecule is CC(C)(C)OC(=O)N1Cc2c(B3OC(C)(C)C(C)(C)O3)ccc(N)c2C1=O. The largest absolute Gasteiger partial charge is 0.495 e. The van der Waals surface area contributed by atoms with Gasteiger partial charge in [-0.3, -0.25) is 4.79 Å². The Balaban J connectivity index is 1.96. The van der Waals surface area contributed by atoms with Crippen molar-refractivity contribution in [1.29, 1.82) is 0 Å². The fourth-order valence-electron chi connectivity index (χ4n) is 3.13. The third-order valence-corrected chi connectivity index (χ3v) is 5.28. The number of hydrogen-bond acceptors (Lipinski definition) is 6. The maximum absolute atomic E-state index is 12.8. The number of carbonyl (C=O) groups is 2. The van der Waals surface area contributed by atoms with Gasteiger partial charge in [0, 0.05) is 5.69 Å². The highest BCUT2D eigenvalue weighted by Crippen LogP contribution is 2.38. The molecule has 0 spiro atoms. The summed E-state index contributed by atoms with van der Waals surface area (Å²) < 4.78 is 17.6. The summed E-state index contributed by atoms with van der Waals surface area (Å²) in [5.41, 5.74) is 6.30.